The molecule has 0 aliphatic rings. The summed E-state index contributed by atoms with van der Waals surface area (Å²) in [5.41, 5.74) is 1.67. The molecule has 3 rings (SSSR count). The third kappa shape index (κ3) is 6.14. The molecule has 158 valence electrons. The molecular formula is C19H17F3N4O3S. The molecule has 0 fully saturated rings. The van der Waals surface area contributed by atoms with Crippen molar-refractivity contribution in [3.05, 3.63) is 60.2 Å². The summed E-state index contributed by atoms with van der Waals surface area (Å²) in [5, 5.41) is 2.98. The third-order valence-electron chi connectivity index (χ3n) is 3.89. The quantitative estimate of drug-likeness (QED) is 0.496. The zero-order chi connectivity index (χ0) is 21.5. The molecule has 0 spiro atoms. The van der Waals surface area contributed by atoms with Crippen LogP contribution in [-0.4, -0.2) is 42.2 Å². The summed E-state index contributed by atoms with van der Waals surface area (Å²) < 4.78 is 65.1. The molecule has 0 saturated carbocycles. The molecule has 0 aliphatic carbocycles. The van der Waals surface area contributed by atoms with E-state index >= 15 is 0 Å². The first-order valence-electron chi connectivity index (χ1n) is 8.78. The Labute approximate surface area is 171 Å². The molecular weight excluding hydrogens is 421 g/mol. The maximum Gasteiger partial charge on any atom is 0.272 e. The summed E-state index contributed by atoms with van der Waals surface area (Å²) in [6.07, 6.45) is -1.13. The smallest absolute Gasteiger partial charge is 0.272 e. The fourth-order valence-corrected chi connectivity index (χ4v) is 3.03. The summed E-state index contributed by atoms with van der Waals surface area (Å²) in [5.74, 6) is -0.443. The fourth-order valence-electron chi connectivity index (χ4n) is 2.59. The summed E-state index contributed by atoms with van der Waals surface area (Å²) in [4.78, 5) is 12.3. The van der Waals surface area contributed by atoms with E-state index in [1.54, 1.807) is 24.3 Å². The normalized spacial score (nSPS) is 11.1. The lowest BCUT2D eigenvalue weighted by Crippen LogP contribution is -2.08. The molecule has 0 atom stereocenters. The number of nitrogens with one attached hydrogen (secondary N) is 1. The molecule has 0 amide bonds. The molecule has 0 unspecified atom stereocenters. The van der Waals surface area contributed by atoms with Crippen molar-refractivity contribution in [2.75, 3.05) is 17.7 Å². The van der Waals surface area contributed by atoms with E-state index < -0.39 is 29.6 Å². The van der Waals surface area contributed by atoms with Crippen molar-refractivity contribution in [2.45, 2.75) is 12.8 Å². The van der Waals surface area contributed by atoms with Crippen LogP contribution in [0.3, 0.4) is 0 Å². The number of nitrogens with zero attached hydrogens (tertiary/aromatic N) is 3. The van der Waals surface area contributed by atoms with Crippen molar-refractivity contribution < 1.29 is 26.3 Å². The molecule has 11 heteroatoms. The summed E-state index contributed by atoms with van der Waals surface area (Å²) in [6, 6.07) is 10.5. The largest absolute Gasteiger partial charge is 0.487 e. The molecule has 0 saturated heterocycles. The average molecular weight is 438 g/mol. The van der Waals surface area contributed by atoms with Crippen LogP contribution < -0.4 is 10.1 Å². The van der Waals surface area contributed by atoms with E-state index in [4.69, 9.17) is 4.74 Å². The topological polar surface area (TPSA) is 94.1 Å². The molecule has 0 radical (unpaired) electrons. The Balaban J connectivity index is 1.83. The van der Waals surface area contributed by atoms with Gasteiger partial charge in [-0.2, -0.15) is 4.98 Å². The maximum absolute atomic E-state index is 13.5. The zero-order valence-corrected chi connectivity index (χ0v) is 16.4. The molecule has 1 aromatic heterocycles. The van der Waals surface area contributed by atoms with Crippen LogP contribution in [0.2, 0.25) is 0 Å². The van der Waals surface area contributed by atoms with E-state index in [1.165, 1.54) is 12.4 Å². The van der Waals surface area contributed by atoms with Crippen molar-refractivity contribution in [1.82, 2.24) is 15.0 Å². The third-order valence-corrected chi connectivity index (χ3v) is 4.48. The Morgan fingerprint density at radius 3 is 2.70 bits per heavy atom. The van der Waals surface area contributed by atoms with Gasteiger partial charge >= 0.3 is 0 Å². The van der Waals surface area contributed by atoms with Crippen molar-refractivity contribution in [2.24, 2.45) is 0 Å². The Hall–Kier alpha value is -3.21. The minimum atomic E-state index is -2.72. The number of thiol groups is 1. The molecule has 3 aromatic rings. The fraction of sp³-hybridized carbons (Fsp3) is 0.211. The van der Waals surface area contributed by atoms with E-state index in [0.717, 1.165) is 17.7 Å². The monoisotopic (exact) mass is 438 g/mol. The van der Waals surface area contributed by atoms with E-state index in [0.29, 0.717) is 12.1 Å². The van der Waals surface area contributed by atoms with Crippen molar-refractivity contribution in [3.8, 4) is 17.1 Å². The lowest BCUT2D eigenvalue weighted by molar-refractivity contribution is 0.0820. The highest BCUT2D eigenvalue weighted by atomic mass is 32.2. The number of aryl methyl sites for hydroxylation is 1. The van der Waals surface area contributed by atoms with Crippen LogP contribution in [0.15, 0.2) is 48.8 Å². The molecule has 30 heavy (non-hydrogen) atoms. The van der Waals surface area contributed by atoms with E-state index in [2.05, 4.69) is 20.3 Å². The number of alkyl halides is 2. The Bertz CT molecular complexity index is 1090. The first kappa shape index (κ1) is 21.5. The van der Waals surface area contributed by atoms with Crippen LogP contribution in [0.5, 0.6) is 5.75 Å². The van der Waals surface area contributed by atoms with Crippen molar-refractivity contribution >= 4 is 22.3 Å². The van der Waals surface area contributed by atoms with Gasteiger partial charge in [-0.25, -0.2) is 31.6 Å². The van der Waals surface area contributed by atoms with Crippen LogP contribution in [0, 0.1) is 5.82 Å². The average Bonchev–Trinajstić information content (AvgIpc) is 2.71. The number of halogens is 3. The van der Waals surface area contributed by atoms with Crippen molar-refractivity contribution in [3.63, 3.8) is 0 Å². The van der Waals surface area contributed by atoms with E-state index in [9.17, 15) is 21.6 Å². The first-order chi connectivity index (χ1) is 14.4. The van der Waals surface area contributed by atoms with Gasteiger partial charge in [0.1, 0.15) is 35.2 Å². The number of hydrogen-bond acceptors (Lipinski definition) is 7. The van der Waals surface area contributed by atoms with E-state index in [-0.39, 0.29) is 28.8 Å². The number of hydrogen-bond donors (Lipinski definition) is 2. The van der Waals surface area contributed by atoms with Gasteiger partial charge in [0.05, 0.1) is 11.3 Å². The highest BCUT2D eigenvalue weighted by Crippen LogP contribution is 2.29. The van der Waals surface area contributed by atoms with Crippen LogP contribution in [0.1, 0.15) is 5.56 Å². The Kier molecular flexibility index (Phi) is 7.17. The van der Waals surface area contributed by atoms with Gasteiger partial charge in [-0.3, -0.25) is 0 Å². The number of aromatic nitrogens is 3. The van der Waals surface area contributed by atoms with Crippen LogP contribution in [0.4, 0.5) is 24.8 Å². The highest BCUT2D eigenvalue weighted by Gasteiger charge is 2.14. The van der Waals surface area contributed by atoms with Crippen molar-refractivity contribution in [1.29, 1.82) is 0 Å². The lowest BCUT2D eigenvalue weighted by Gasteiger charge is -2.11. The van der Waals surface area contributed by atoms with Gasteiger partial charge < -0.3 is 10.1 Å². The SMILES string of the molecule is O=[SH](=O)CCc1cccc(Nc2ncnc(-c3ccc(F)cc3OCC(F)F)n2)c1. The predicted octanol–water partition coefficient (Wildman–Crippen LogP) is 3.22. The van der Waals surface area contributed by atoms with Gasteiger partial charge in [0, 0.05) is 11.8 Å². The standard InChI is InChI=1S/C19H17F3N4O3S/c20-13-4-5-15(16(9-13)29-10-17(21)22)18-23-11-24-19(26-18)25-14-3-1-2-12(8-14)6-7-30(27)28/h1-5,8-9,11,17,30H,6-7,10H2,(H,23,24,25,26). The van der Waals surface area contributed by atoms with Gasteiger partial charge in [-0.05, 0) is 36.2 Å². The second kappa shape index (κ2) is 10.0. The van der Waals surface area contributed by atoms with Gasteiger partial charge in [-0.15, -0.1) is 0 Å². The summed E-state index contributed by atoms with van der Waals surface area (Å²) in [6.45, 7) is -0.894. The van der Waals surface area contributed by atoms with Crippen LogP contribution in [0.25, 0.3) is 11.4 Å². The number of rotatable bonds is 9. The molecule has 1 heterocycles. The van der Waals surface area contributed by atoms with Gasteiger partial charge in [0.2, 0.25) is 5.95 Å². The molecule has 0 aliphatic heterocycles. The zero-order valence-electron chi connectivity index (χ0n) is 15.5. The van der Waals surface area contributed by atoms with Gasteiger partial charge in [0.25, 0.3) is 6.43 Å². The summed E-state index contributed by atoms with van der Waals surface area (Å²) in [7, 11) is -2.46. The van der Waals surface area contributed by atoms with Crippen LogP contribution in [-0.2, 0) is 17.1 Å². The molecule has 0 bridgehead atoms. The second-order valence-corrected chi connectivity index (χ2v) is 7.22. The molecule has 7 nitrogen and oxygen atoms in total. The second-order valence-electron chi connectivity index (χ2n) is 6.11. The lowest BCUT2D eigenvalue weighted by atomic mass is 10.1. The number of anilines is 2. The molecule has 2 aromatic carbocycles. The Morgan fingerprint density at radius 2 is 1.93 bits per heavy atom. The minimum absolute atomic E-state index is 0.0423. The first-order valence-corrected chi connectivity index (χ1v) is 10.1. The number of ether oxygens (including phenoxy) is 1. The van der Waals surface area contributed by atoms with E-state index in [1.807, 2.05) is 0 Å². The van der Waals surface area contributed by atoms with Gasteiger partial charge in [0.15, 0.2) is 5.82 Å². The predicted molar refractivity (Wildman–Crippen MR) is 105 cm³/mol. The van der Waals surface area contributed by atoms with Crippen LogP contribution >= 0.6 is 0 Å². The highest BCUT2D eigenvalue weighted by molar-refractivity contribution is 7.72. The Morgan fingerprint density at radius 1 is 1.10 bits per heavy atom. The number of benzene rings is 2. The minimum Gasteiger partial charge on any atom is -0.487 e. The van der Waals surface area contributed by atoms with Gasteiger partial charge in [-0.1, -0.05) is 12.1 Å². The molecule has 1 N–H and O–H groups in total. The summed E-state index contributed by atoms with van der Waals surface area (Å²) >= 11 is 0. The maximum atomic E-state index is 13.5.